The van der Waals surface area contributed by atoms with Gasteiger partial charge in [0.2, 0.25) is 21.8 Å². The molecule has 0 aliphatic heterocycles. The number of benzene rings is 3. The van der Waals surface area contributed by atoms with Crippen molar-refractivity contribution in [1.82, 2.24) is 10.2 Å². The fraction of sp³-hybridized carbons (Fsp3) is 0.280. The van der Waals surface area contributed by atoms with Crippen LogP contribution in [-0.4, -0.2) is 51.0 Å². The number of hydrogen-bond donors (Lipinski definition) is 1. The van der Waals surface area contributed by atoms with Crippen LogP contribution in [0.4, 0.5) is 5.69 Å². The minimum atomic E-state index is -3.84. The van der Waals surface area contributed by atoms with E-state index in [1.807, 2.05) is 24.3 Å². The molecule has 0 fully saturated rings. The summed E-state index contributed by atoms with van der Waals surface area (Å²) in [5, 5.41) is 4.90. The second-order valence-corrected chi connectivity index (χ2v) is 10.8. The highest BCUT2D eigenvalue weighted by atomic mass is 35.5. The van der Waals surface area contributed by atoms with Crippen molar-refractivity contribution in [1.29, 1.82) is 0 Å². The first-order valence-electron chi connectivity index (χ1n) is 11.0. The average Bonchev–Trinajstić information content (AvgIpc) is 2.82. The van der Waals surface area contributed by atoms with Crippen LogP contribution in [0, 0.1) is 0 Å². The lowest BCUT2D eigenvalue weighted by Crippen LogP contribution is -2.51. The van der Waals surface area contributed by atoms with Gasteiger partial charge in [0.05, 0.1) is 11.9 Å². The third-order valence-corrected chi connectivity index (χ3v) is 7.42. The molecule has 3 rings (SSSR count). The molecule has 3 aromatic carbocycles. The van der Waals surface area contributed by atoms with Crippen molar-refractivity contribution < 1.29 is 18.0 Å². The van der Waals surface area contributed by atoms with Gasteiger partial charge in [0, 0.05) is 29.0 Å². The Morgan fingerprint density at radius 1 is 1.03 bits per heavy atom. The van der Waals surface area contributed by atoms with Crippen molar-refractivity contribution in [3.05, 3.63) is 76.3 Å². The summed E-state index contributed by atoms with van der Waals surface area (Å²) in [6, 6.07) is 16.7. The van der Waals surface area contributed by atoms with E-state index in [1.54, 1.807) is 43.3 Å². The first-order valence-corrected chi connectivity index (χ1v) is 13.6. The molecule has 35 heavy (non-hydrogen) atoms. The van der Waals surface area contributed by atoms with Crippen molar-refractivity contribution >= 4 is 61.5 Å². The third-order valence-electron chi connectivity index (χ3n) is 5.70. The normalized spacial score (nSPS) is 12.3. The van der Waals surface area contributed by atoms with Gasteiger partial charge in [-0.1, -0.05) is 72.6 Å². The average molecular weight is 536 g/mol. The number of likely N-dealkylation sites (N-methyl/N-ethyl adjacent to an activating group) is 1. The number of amides is 2. The molecule has 10 heteroatoms. The Morgan fingerprint density at radius 2 is 1.71 bits per heavy atom. The molecule has 0 radical (unpaired) electrons. The monoisotopic (exact) mass is 535 g/mol. The van der Waals surface area contributed by atoms with E-state index in [9.17, 15) is 18.0 Å². The highest BCUT2D eigenvalue weighted by molar-refractivity contribution is 7.92. The van der Waals surface area contributed by atoms with Gasteiger partial charge < -0.3 is 10.2 Å². The van der Waals surface area contributed by atoms with Gasteiger partial charge in [-0.25, -0.2) is 8.42 Å². The molecule has 0 heterocycles. The first-order chi connectivity index (χ1) is 16.6. The van der Waals surface area contributed by atoms with Crippen LogP contribution in [0.15, 0.2) is 60.7 Å². The maximum Gasteiger partial charge on any atom is 0.244 e. The van der Waals surface area contributed by atoms with E-state index in [0.717, 1.165) is 15.9 Å². The summed E-state index contributed by atoms with van der Waals surface area (Å²) in [5.74, 6) is -0.896. The van der Waals surface area contributed by atoms with Crippen LogP contribution in [0.3, 0.4) is 0 Å². The van der Waals surface area contributed by atoms with Crippen molar-refractivity contribution in [2.45, 2.75) is 25.9 Å². The highest BCUT2D eigenvalue weighted by Crippen LogP contribution is 2.29. The van der Waals surface area contributed by atoms with E-state index in [1.165, 1.54) is 11.9 Å². The summed E-state index contributed by atoms with van der Waals surface area (Å²) in [7, 11) is -2.35. The third kappa shape index (κ3) is 6.25. The lowest BCUT2D eigenvalue weighted by atomic mass is 10.1. The zero-order valence-electron chi connectivity index (χ0n) is 19.7. The van der Waals surface area contributed by atoms with Gasteiger partial charge in [-0.3, -0.25) is 13.9 Å². The van der Waals surface area contributed by atoms with Gasteiger partial charge in [0.15, 0.2) is 0 Å². The molecule has 0 aliphatic rings. The Bertz CT molecular complexity index is 1340. The fourth-order valence-electron chi connectivity index (χ4n) is 3.94. The molecule has 0 aliphatic carbocycles. The molecular weight excluding hydrogens is 509 g/mol. The Kier molecular flexibility index (Phi) is 8.64. The predicted octanol–water partition coefficient (Wildman–Crippen LogP) is 4.47. The molecule has 2 amide bonds. The molecule has 0 saturated carbocycles. The number of hydrogen-bond acceptors (Lipinski definition) is 4. The standard InChI is InChI=1S/C25H27Cl2N3O4S/c1-4-22(25(32)28-2)29(15-18-12-13-19(26)14-21(18)27)24(31)16-30(35(3,33)34)23-11-7-9-17-8-5-6-10-20(17)23/h5-14,22H,4,15-16H2,1-3H3,(H,28,32). The second kappa shape index (κ2) is 11.3. The summed E-state index contributed by atoms with van der Waals surface area (Å²) in [6.07, 6.45) is 1.38. The zero-order valence-corrected chi connectivity index (χ0v) is 22.0. The Morgan fingerprint density at radius 3 is 2.34 bits per heavy atom. The molecule has 1 N–H and O–H groups in total. The quantitative estimate of drug-likeness (QED) is 0.438. The van der Waals surface area contributed by atoms with Crippen LogP contribution in [-0.2, 0) is 26.2 Å². The molecular formula is C25H27Cl2N3O4S. The summed E-state index contributed by atoms with van der Waals surface area (Å²) in [4.78, 5) is 27.7. The molecule has 0 spiro atoms. The Hall–Kier alpha value is -2.81. The van der Waals surface area contributed by atoms with E-state index >= 15 is 0 Å². The number of sulfonamides is 1. The van der Waals surface area contributed by atoms with Crippen LogP contribution in [0.1, 0.15) is 18.9 Å². The number of anilines is 1. The topological polar surface area (TPSA) is 86.8 Å². The number of fused-ring (bicyclic) bond motifs is 1. The minimum Gasteiger partial charge on any atom is -0.357 e. The van der Waals surface area contributed by atoms with Crippen molar-refractivity contribution in [3.63, 3.8) is 0 Å². The lowest BCUT2D eigenvalue weighted by Gasteiger charge is -2.33. The maximum absolute atomic E-state index is 13.7. The van der Waals surface area contributed by atoms with Crippen molar-refractivity contribution in [2.24, 2.45) is 0 Å². The van der Waals surface area contributed by atoms with E-state index in [0.29, 0.717) is 33.1 Å². The maximum atomic E-state index is 13.7. The number of carbonyl (C=O) groups is 2. The highest BCUT2D eigenvalue weighted by Gasteiger charge is 2.32. The second-order valence-electron chi connectivity index (χ2n) is 8.06. The number of halogens is 2. The first kappa shape index (κ1) is 26.8. The summed E-state index contributed by atoms with van der Waals surface area (Å²) in [6.45, 7) is 1.31. The van der Waals surface area contributed by atoms with Gasteiger partial charge in [-0.2, -0.15) is 0 Å². The summed E-state index contributed by atoms with van der Waals surface area (Å²) < 4.78 is 26.8. The number of rotatable bonds is 9. The van der Waals surface area contributed by atoms with E-state index < -0.39 is 28.5 Å². The fourth-order valence-corrected chi connectivity index (χ4v) is 5.27. The Labute approximate surface area is 215 Å². The van der Waals surface area contributed by atoms with Gasteiger partial charge in [-0.15, -0.1) is 0 Å². The Balaban J connectivity index is 2.05. The minimum absolute atomic E-state index is 0.00784. The molecule has 1 atom stereocenters. The zero-order chi connectivity index (χ0) is 25.8. The summed E-state index contributed by atoms with van der Waals surface area (Å²) in [5.41, 5.74) is 0.972. The van der Waals surface area contributed by atoms with Gasteiger partial charge in [0.25, 0.3) is 0 Å². The van der Waals surface area contributed by atoms with E-state index in [2.05, 4.69) is 5.32 Å². The molecule has 7 nitrogen and oxygen atoms in total. The molecule has 0 bridgehead atoms. The van der Waals surface area contributed by atoms with Crippen LogP contribution < -0.4 is 9.62 Å². The van der Waals surface area contributed by atoms with Gasteiger partial charge in [0.1, 0.15) is 12.6 Å². The van der Waals surface area contributed by atoms with Crippen LogP contribution in [0.5, 0.6) is 0 Å². The molecule has 0 aromatic heterocycles. The summed E-state index contributed by atoms with van der Waals surface area (Å²) >= 11 is 12.4. The smallest absolute Gasteiger partial charge is 0.244 e. The van der Waals surface area contributed by atoms with Crippen molar-refractivity contribution in [3.8, 4) is 0 Å². The van der Waals surface area contributed by atoms with Crippen LogP contribution in [0.2, 0.25) is 10.0 Å². The van der Waals surface area contributed by atoms with Crippen LogP contribution >= 0.6 is 23.2 Å². The molecule has 1 unspecified atom stereocenters. The predicted molar refractivity (Wildman–Crippen MR) is 141 cm³/mol. The number of carbonyl (C=O) groups excluding carboxylic acids is 2. The van der Waals surface area contributed by atoms with E-state index in [-0.39, 0.29) is 12.5 Å². The lowest BCUT2D eigenvalue weighted by molar-refractivity contribution is -0.140. The largest absolute Gasteiger partial charge is 0.357 e. The molecule has 3 aromatic rings. The molecule has 186 valence electrons. The SMILES string of the molecule is CCC(C(=O)NC)N(Cc1ccc(Cl)cc1Cl)C(=O)CN(c1cccc2ccccc12)S(C)(=O)=O. The number of nitrogens with zero attached hydrogens (tertiary/aromatic N) is 2. The van der Waals surface area contributed by atoms with Gasteiger partial charge >= 0.3 is 0 Å². The van der Waals surface area contributed by atoms with Crippen molar-refractivity contribution in [2.75, 3.05) is 24.2 Å². The molecule has 0 saturated heterocycles. The van der Waals surface area contributed by atoms with Gasteiger partial charge in [-0.05, 0) is 35.6 Å². The van der Waals surface area contributed by atoms with E-state index in [4.69, 9.17) is 23.2 Å². The van der Waals surface area contributed by atoms with Crippen LogP contribution in [0.25, 0.3) is 10.8 Å². The number of nitrogens with one attached hydrogen (secondary N) is 1.